The smallest absolute Gasteiger partial charge is 0.163 e. The van der Waals surface area contributed by atoms with Crippen LogP contribution in [0.4, 0.5) is 11.5 Å². The number of pyridine rings is 1. The first-order valence-electron chi connectivity index (χ1n) is 11.7. The van der Waals surface area contributed by atoms with Crippen LogP contribution in [0.1, 0.15) is 18.9 Å². The van der Waals surface area contributed by atoms with Crippen molar-refractivity contribution in [1.29, 1.82) is 0 Å². The summed E-state index contributed by atoms with van der Waals surface area (Å²) < 4.78 is 2.07. The van der Waals surface area contributed by atoms with E-state index in [9.17, 15) is 0 Å². The number of hydrogen-bond donors (Lipinski definition) is 1. The standard InChI is InChI=1S/C27H27N7/c1-33(2)16-18-12-22(13-18)34-27-23(15-30-34)26(28-17-29-27)31-21-10-8-20-9-11-24(32-25(20)14-21)19-6-4-3-5-7-19/h3-11,14-15,17-18,22H,12-13,16H2,1-2H3,(H,28,29,31). The lowest BCUT2D eigenvalue weighted by molar-refractivity contribution is 0.149. The zero-order valence-electron chi connectivity index (χ0n) is 19.4. The molecule has 0 amide bonds. The van der Waals surface area contributed by atoms with E-state index >= 15 is 0 Å². The Bertz CT molecular complexity index is 1450. The van der Waals surface area contributed by atoms with Crippen LogP contribution >= 0.6 is 0 Å². The van der Waals surface area contributed by atoms with Crippen molar-refractivity contribution in [1.82, 2.24) is 29.6 Å². The molecule has 1 fully saturated rings. The number of nitrogens with zero attached hydrogens (tertiary/aromatic N) is 6. The molecular formula is C27H27N7. The molecule has 1 N–H and O–H groups in total. The Morgan fingerprint density at radius 1 is 1.00 bits per heavy atom. The van der Waals surface area contributed by atoms with Gasteiger partial charge >= 0.3 is 0 Å². The van der Waals surface area contributed by atoms with Crippen molar-refractivity contribution in [2.45, 2.75) is 18.9 Å². The van der Waals surface area contributed by atoms with Crippen molar-refractivity contribution in [2.24, 2.45) is 5.92 Å². The van der Waals surface area contributed by atoms with Crippen molar-refractivity contribution in [3.05, 3.63) is 73.2 Å². The first-order valence-corrected chi connectivity index (χ1v) is 11.7. The van der Waals surface area contributed by atoms with Crippen LogP contribution in [0, 0.1) is 5.92 Å². The maximum Gasteiger partial charge on any atom is 0.163 e. The second-order valence-electron chi connectivity index (χ2n) is 9.40. The lowest BCUT2D eigenvalue weighted by atomic mass is 9.80. The number of hydrogen-bond acceptors (Lipinski definition) is 6. The number of benzene rings is 2. The van der Waals surface area contributed by atoms with E-state index in [2.05, 4.69) is 86.5 Å². The van der Waals surface area contributed by atoms with Crippen LogP contribution in [-0.4, -0.2) is 50.3 Å². The van der Waals surface area contributed by atoms with Gasteiger partial charge in [0, 0.05) is 23.2 Å². The third-order valence-electron chi connectivity index (χ3n) is 6.60. The predicted molar refractivity (Wildman–Crippen MR) is 136 cm³/mol. The molecule has 7 nitrogen and oxygen atoms in total. The van der Waals surface area contributed by atoms with Crippen molar-refractivity contribution >= 4 is 33.4 Å². The minimum Gasteiger partial charge on any atom is -0.339 e. The summed E-state index contributed by atoms with van der Waals surface area (Å²) >= 11 is 0. The quantitative estimate of drug-likeness (QED) is 0.379. The summed E-state index contributed by atoms with van der Waals surface area (Å²) in [4.78, 5) is 16.2. The SMILES string of the molecule is CN(C)CC1CC(n2ncc3c(Nc4ccc5ccc(-c6ccccc6)nc5c4)ncnc32)C1. The number of fused-ring (bicyclic) bond motifs is 2. The topological polar surface area (TPSA) is 71.8 Å². The van der Waals surface area contributed by atoms with Gasteiger partial charge in [-0.25, -0.2) is 19.6 Å². The number of nitrogens with one attached hydrogen (secondary N) is 1. The largest absolute Gasteiger partial charge is 0.339 e. The maximum absolute atomic E-state index is 4.89. The molecule has 170 valence electrons. The van der Waals surface area contributed by atoms with E-state index in [4.69, 9.17) is 4.98 Å². The van der Waals surface area contributed by atoms with Crippen molar-refractivity contribution in [3.8, 4) is 11.3 Å². The normalized spacial score (nSPS) is 17.9. The molecular weight excluding hydrogens is 422 g/mol. The van der Waals surface area contributed by atoms with Crippen LogP contribution < -0.4 is 5.32 Å². The molecule has 1 aliphatic rings. The molecule has 1 saturated carbocycles. The van der Waals surface area contributed by atoms with Gasteiger partial charge < -0.3 is 10.2 Å². The molecule has 1 aliphatic carbocycles. The van der Waals surface area contributed by atoms with Crippen LogP contribution in [0.25, 0.3) is 33.2 Å². The third-order valence-corrected chi connectivity index (χ3v) is 6.60. The van der Waals surface area contributed by atoms with Crippen molar-refractivity contribution < 1.29 is 0 Å². The fraction of sp³-hybridized carbons (Fsp3) is 0.259. The van der Waals surface area contributed by atoms with Crippen molar-refractivity contribution in [2.75, 3.05) is 26.0 Å². The molecule has 0 bridgehead atoms. The summed E-state index contributed by atoms with van der Waals surface area (Å²) in [5, 5.41) is 10.2. The Labute approximate surface area is 198 Å². The summed E-state index contributed by atoms with van der Waals surface area (Å²) in [6.07, 6.45) is 5.78. The summed E-state index contributed by atoms with van der Waals surface area (Å²) in [7, 11) is 4.26. The van der Waals surface area contributed by atoms with E-state index in [1.165, 1.54) is 0 Å². The molecule has 34 heavy (non-hydrogen) atoms. The Morgan fingerprint density at radius 2 is 1.82 bits per heavy atom. The molecule has 7 heteroatoms. The molecule has 0 aliphatic heterocycles. The maximum atomic E-state index is 4.89. The Balaban J connectivity index is 1.27. The van der Waals surface area contributed by atoms with Gasteiger partial charge in [0.05, 0.1) is 28.8 Å². The van der Waals surface area contributed by atoms with Crippen LogP contribution in [0.5, 0.6) is 0 Å². The van der Waals surface area contributed by atoms with Gasteiger partial charge in [0.2, 0.25) is 0 Å². The van der Waals surface area contributed by atoms with Crippen molar-refractivity contribution in [3.63, 3.8) is 0 Å². The molecule has 2 aromatic carbocycles. The highest BCUT2D eigenvalue weighted by Crippen LogP contribution is 2.39. The van der Waals surface area contributed by atoms with Gasteiger partial charge in [-0.2, -0.15) is 5.10 Å². The van der Waals surface area contributed by atoms with Crippen LogP contribution in [0.15, 0.2) is 73.2 Å². The highest BCUT2D eigenvalue weighted by molar-refractivity contribution is 5.90. The Kier molecular flexibility index (Phi) is 5.19. The van der Waals surface area contributed by atoms with E-state index in [1.54, 1.807) is 6.33 Å². The Morgan fingerprint density at radius 3 is 2.65 bits per heavy atom. The molecule has 0 unspecified atom stereocenters. The van der Waals surface area contributed by atoms with Gasteiger partial charge in [-0.05, 0) is 51.1 Å². The van der Waals surface area contributed by atoms with Gasteiger partial charge in [0.15, 0.2) is 5.65 Å². The molecule has 3 heterocycles. The van der Waals surface area contributed by atoms with Gasteiger partial charge in [-0.3, -0.25) is 0 Å². The summed E-state index contributed by atoms with van der Waals surface area (Å²) in [6, 6.07) is 21.0. The fourth-order valence-corrected chi connectivity index (χ4v) is 4.90. The molecule has 0 spiro atoms. The molecule has 3 aromatic heterocycles. The molecule has 0 saturated heterocycles. The van der Waals surface area contributed by atoms with E-state index in [1.807, 2.05) is 24.4 Å². The minimum absolute atomic E-state index is 0.409. The second-order valence-corrected chi connectivity index (χ2v) is 9.40. The van der Waals surface area contributed by atoms with Gasteiger partial charge in [-0.15, -0.1) is 0 Å². The molecule has 5 aromatic rings. The molecule has 0 atom stereocenters. The number of rotatable bonds is 6. The average molecular weight is 450 g/mol. The highest BCUT2D eigenvalue weighted by Gasteiger charge is 2.32. The predicted octanol–water partition coefficient (Wildman–Crippen LogP) is 5.30. The number of aromatic nitrogens is 5. The average Bonchev–Trinajstić information content (AvgIpc) is 3.26. The summed E-state index contributed by atoms with van der Waals surface area (Å²) in [5.41, 5.74) is 4.83. The Hall–Kier alpha value is -3.84. The van der Waals surface area contributed by atoms with E-state index in [0.717, 1.165) is 70.0 Å². The highest BCUT2D eigenvalue weighted by atomic mass is 15.3. The van der Waals surface area contributed by atoms with Gasteiger partial charge in [0.25, 0.3) is 0 Å². The lowest BCUT2D eigenvalue weighted by Gasteiger charge is -2.37. The van der Waals surface area contributed by atoms with E-state index < -0.39 is 0 Å². The van der Waals surface area contributed by atoms with Gasteiger partial charge in [0.1, 0.15) is 12.1 Å². The first-order chi connectivity index (χ1) is 16.6. The summed E-state index contributed by atoms with van der Waals surface area (Å²) in [6.45, 7) is 1.12. The fourth-order valence-electron chi connectivity index (χ4n) is 4.90. The molecule has 0 radical (unpaired) electrons. The van der Waals surface area contributed by atoms with Gasteiger partial charge in [-0.1, -0.05) is 42.5 Å². The van der Waals surface area contributed by atoms with Crippen LogP contribution in [0.2, 0.25) is 0 Å². The first kappa shape index (κ1) is 20.7. The van der Waals surface area contributed by atoms with E-state index in [-0.39, 0.29) is 0 Å². The van der Waals surface area contributed by atoms with Crippen LogP contribution in [0.3, 0.4) is 0 Å². The number of anilines is 2. The summed E-state index contributed by atoms with van der Waals surface area (Å²) in [5.74, 6) is 1.49. The minimum atomic E-state index is 0.409. The lowest BCUT2D eigenvalue weighted by Crippen LogP contribution is -2.34. The van der Waals surface area contributed by atoms with E-state index in [0.29, 0.717) is 6.04 Å². The third kappa shape index (κ3) is 3.88. The zero-order valence-corrected chi connectivity index (χ0v) is 19.4. The zero-order chi connectivity index (χ0) is 23.1. The second kappa shape index (κ2) is 8.50. The van der Waals surface area contributed by atoms with Crippen LogP contribution in [-0.2, 0) is 0 Å². The molecule has 6 rings (SSSR count). The monoisotopic (exact) mass is 449 g/mol.